The normalized spacial score (nSPS) is 13.3. The van der Waals surface area contributed by atoms with E-state index in [1.807, 2.05) is 6.58 Å². The molecule has 0 aliphatic carbocycles. The van der Waals surface area contributed by atoms with Crippen molar-refractivity contribution in [2.75, 3.05) is 0 Å². The van der Waals surface area contributed by atoms with E-state index in [0.29, 0.717) is 0 Å². The largest absolute Gasteiger partial charge is 0.442 e. The van der Waals surface area contributed by atoms with E-state index in [0.717, 1.165) is 0 Å². The molecule has 0 aromatic rings. The molecule has 0 unspecified atom stereocenters. The lowest BCUT2D eigenvalue weighted by molar-refractivity contribution is -0.108. The van der Waals surface area contributed by atoms with Gasteiger partial charge in [0.15, 0.2) is 5.83 Å². The van der Waals surface area contributed by atoms with Gasteiger partial charge in [0.2, 0.25) is 0 Å². The van der Waals surface area contributed by atoms with Crippen molar-refractivity contribution in [3.63, 3.8) is 0 Å². The number of hydrogen-bond donors (Lipinski definition) is 0. The molecule has 17 heavy (non-hydrogen) atoms. The zero-order valence-electron chi connectivity index (χ0n) is 7.64. The molecule has 0 atom stereocenters. The van der Waals surface area contributed by atoms with Crippen LogP contribution in [0, 0.1) is 0 Å². The van der Waals surface area contributed by atoms with Crippen LogP contribution in [-0.2, 0) is 0 Å². The standard InChI is InChI=1S/C4H2F6.C3H2F4/c5-3(6,7)1-2-4(8,9)10;1-2(4)3(5,6)7/h1-2H;1H2/b2-1+;. The van der Waals surface area contributed by atoms with Crippen molar-refractivity contribution in [1.82, 2.24) is 0 Å². The molecule has 0 spiro atoms. The summed E-state index contributed by atoms with van der Waals surface area (Å²) in [5, 5.41) is 0. The second kappa shape index (κ2) is 5.92. The van der Waals surface area contributed by atoms with E-state index >= 15 is 0 Å². The first-order valence-electron chi connectivity index (χ1n) is 3.40. The molecule has 0 amide bonds. The summed E-state index contributed by atoms with van der Waals surface area (Å²) in [6, 6.07) is 0. The molecule has 0 saturated carbocycles. The van der Waals surface area contributed by atoms with Crippen molar-refractivity contribution < 1.29 is 43.9 Å². The highest BCUT2D eigenvalue weighted by molar-refractivity contribution is 4.93. The Morgan fingerprint density at radius 2 is 0.882 bits per heavy atom. The van der Waals surface area contributed by atoms with E-state index in [-0.39, 0.29) is 0 Å². The van der Waals surface area contributed by atoms with Gasteiger partial charge in [-0.25, -0.2) is 4.39 Å². The molecule has 0 nitrogen and oxygen atoms in total. The predicted molar refractivity (Wildman–Crippen MR) is 37.6 cm³/mol. The second-order valence-electron chi connectivity index (χ2n) is 2.32. The Morgan fingerprint density at radius 1 is 0.706 bits per heavy atom. The Kier molecular flexibility index (Phi) is 6.32. The number of rotatable bonds is 0. The molecule has 0 rings (SSSR count). The van der Waals surface area contributed by atoms with Crippen molar-refractivity contribution in [3.05, 3.63) is 24.6 Å². The fraction of sp³-hybridized carbons (Fsp3) is 0.429. The van der Waals surface area contributed by atoms with Gasteiger partial charge in [-0.05, 0) is 0 Å². The van der Waals surface area contributed by atoms with Crippen molar-refractivity contribution in [1.29, 1.82) is 0 Å². The first-order valence-corrected chi connectivity index (χ1v) is 3.40. The van der Waals surface area contributed by atoms with Gasteiger partial charge in [-0.15, -0.1) is 0 Å². The fourth-order valence-electron chi connectivity index (χ4n) is 0.189. The number of halogens is 10. The van der Waals surface area contributed by atoms with Gasteiger partial charge in [0.05, 0.1) is 0 Å². The van der Waals surface area contributed by atoms with Crippen LogP contribution in [0.3, 0.4) is 0 Å². The van der Waals surface area contributed by atoms with Gasteiger partial charge >= 0.3 is 18.5 Å². The van der Waals surface area contributed by atoms with E-state index in [4.69, 9.17) is 0 Å². The van der Waals surface area contributed by atoms with Gasteiger partial charge in [-0.2, -0.15) is 39.5 Å². The van der Waals surface area contributed by atoms with E-state index in [2.05, 4.69) is 0 Å². The molecular formula is C7H4F10. The summed E-state index contributed by atoms with van der Waals surface area (Å²) >= 11 is 0. The Morgan fingerprint density at radius 3 is 0.941 bits per heavy atom. The predicted octanol–water partition coefficient (Wildman–Crippen LogP) is 4.70. The maximum Gasteiger partial charge on any atom is 0.442 e. The minimum atomic E-state index is -4.89. The summed E-state index contributed by atoms with van der Waals surface area (Å²) in [5.41, 5.74) is 0. The molecule has 0 radical (unpaired) electrons. The molecule has 0 N–H and O–H groups in total. The minimum absolute atomic E-state index is 0.854. The lowest BCUT2D eigenvalue weighted by atomic mass is 10.5. The highest BCUT2D eigenvalue weighted by atomic mass is 19.4. The van der Waals surface area contributed by atoms with Crippen LogP contribution in [0.5, 0.6) is 0 Å². The lowest BCUT2D eigenvalue weighted by Crippen LogP contribution is -2.07. The Balaban J connectivity index is 0. The summed E-state index contributed by atoms with van der Waals surface area (Å²) in [4.78, 5) is 0. The van der Waals surface area contributed by atoms with E-state index in [1.165, 1.54) is 0 Å². The topological polar surface area (TPSA) is 0 Å². The van der Waals surface area contributed by atoms with Crippen molar-refractivity contribution in [2.45, 2.75) is 18.5 Å². The van der Waals surface area contributed by atoms with Crippen LogP contribution in [-0.4, -0.2) is 18.5 Å². The van der Waals surface area contributed by atoms with Gasteiger partial charge < -0.3 is 0 Å². The monoisotopic (exact) mass is 278 g/mol. The summed E-state index contributed by atoms with van der Waals surface area (Å²) < 4.78 is 109. The average molecular weight is 278 g/mol. The van der Waals surface area contributed by atoms with Crippen LogP contribution >= 0.6 is 0 Å². The van der Waals surface area contributed by atoms with E-state index in [1.54, 1.807) is 0 Å². The summed E-state index contributed by atoms with van der Waals surface area (Å²) in [6.45, 7) is 2.03. The van der Waals surface area contributed by atoms with Gasteiger partial charge in [0.1, 0.15) is 0 Å². The van der Waals surface area contributed by atoms with Crippen molar-refractivity contribution in [2.24, 2.45) is 0 Å². The number of hydrogen-bond acceptors (Lipinski definition) is 0. The minimum Gasteiger partial charge on any atom is -0.202 e. The highest BCUT2D eigenvalue weighted by Gasteiger charge is 2.32. The highest BCUT2D eigenvalue weighted by Crippen LogP contribution is 2.24. The fourth-order valence-corrected chi connectivity index (χ4v) is 0.189. The van der Waals surface area contributed by atoms with Crippen molar-refractivity contribution >= 4 is 0 Å². The third kappa shape index (κ3) is 17.4. The third-order valence-corrected chi connectivity index (χ3v) is 0.769. The summed E-state index contributed by atoms with van der Waals surface area (Å²) in [7, 11) is 0. The quantitative estimate of drug-likeness (QED) is 0.445. The van der Waals surface area contributed by atoms with Gasteiger partial charge in [-0.3, -0.25) is 0 Å². The molecule has 0 fully saturated rings. The van der Waals surface area contributed by atoms with Crippen LogP contribution < -0.4 is 0 Å². The maximum atomic E-state index is 11.0. The summed E-state index contributed by atoms with van der Waals surface area (Å²) in [6.07, 6.45) is -16.4. The second-order valence-corrected chi connectivity index (χ2v) is 2.32. The molecule has 10 heteroatoms. The van der Waals surface area contributed by atoms with Crippen LogP contribution in [0.1, 0.15) is 0 Å². The van der Waals surface area contributed by atoms with Gasteiger partial charge in [0.25, 0.3) is 0 Å². The van der Waals surface area contributed by atoms with Crippen LogP contribution in [0.2, 0.25) is 0 Å². The number of allylic oxidation sites excluding steroid dienone is 3. The Bertz CT molecular complexity index is 246. The third-order valence-electron chi connectivity index (χ3n) is 0.769. The van der Waals surface area contributed by atoms with E-state index in [9.17, 15) is 43.9 Å². The first kappa shape index (κ1) is 18.2. The maximum absolute atomic E-state index is 11.0. The molecule has 0 aliphatic heterocycles. The zero-order chi connectivity index (χ0) is 14.5. The van der Waals surface area contributed by atoms with Gasteiger partial charge in [0, 0.05) is 12.2 Å². The van der Waals surface area contributed by atoms with Crippen LogP contribution in [0.4, 0.5) is 43.9 Å². The van der Waals surface area contributed by atoms with Crippen molar-refractivity contribution in [3.8, 4) is 0 Å². The first-order chi connectivity index (χ1) is 7.15. The molecule has 0 aliphatic rings. The molecular weight excluding hydrogens is 274 g/mol. The lowest BCUT2D eigenvalue weighted by Gasteiger charge is -1.99. The zero-order valence-corrected chi connectivity index (χ0v) is 7.64. The smallest absolute Gasteiger partial charge is 0.202 e. The Labute approximate surface area is 88.2 Å². The van der Waals surface area contributed by atoms with Crippen LogP contribution in [0.25, 0.3) is 0 Å². The number of alkyl halides is 9. The molecule has 0 bridgehead atoms. The summed E-state index contributed by atoms with van der Waals surface area (Å²) in [5.74, 6) is -2.26. The average Bonchev–Trinajstić information content (AvgIpc) is 1.97. The molecule has 0 saturated heterocycles. The van der Waals surface area contributed by atoms with E-state index < -0.39 is 36.5 Å². The molecule has 0 heterocycles. The van der Waals surface area contributed by atoms with Gasteiger partial charge in [-0.1, -0.05) is 6.58 Å². The molecule has 0 aromatic heterocycles. The van der Waals surface area contributed by atoms with Crippen LogP contribution in [0.15, 0.2) is 24.6 Å². The molecule has 102 valence electrons. The Hall–Kier alpha value is -1.22. The SMILES string of the molecule is C=C(F)C(F)(F)F.FC(F)(F)/C=C/C(F)(F)F. The molecule has 0 aromatic carbocycles.